The minimum Gasteiger partial charge on any atom is -0.545 e. The first-order valence-electron chi connectivity index (χ1n) is 35.7. The van der Waals surface area contributed by atoms with E-state index in [1.54, 1.807) is 0 Å². The van der Waals surface area contributed by atoms with Gasteiger partial charge in [-0.25, -0.2) is 0 Å². The van der Waals surface area contributed by atoms with Crippen molar-refractivity contribution in [1.29, 1.82) is 0 Å². The van der Waals surface area contributed by atoms with Crippen molar-refractivity contribution in [2.45, 2.75) is 309 Å². The average molecular weight is 1210 g/mol. The van der Waals surface area contributed by atoms with E-state index in [1.807, 2.05) is 21.1 Å². The van der Waals surface area contributed by atoms with Crippen LogP contribution in [-0.4, -0.2) is 82.3 Å². The second kappa shape index (κ2) is 67.6. The number of unbranched alkanes of at least 4 members (excludes halogenated alkanes) is 30. The Morgan fingerprint density at radius 1 is 0.356 bits per heavy atom. The summed E-state index contributed by atoms with van der Waals surface area (Å²) in [6.45, 7) is 4.59. The van der Waals surface area contributed by atoms with Gasteiger partial charge in [0, 0.05) is 12.8 Å². The third-order valence-electron chi connectivity index (χ3n) is 15.2. The van der Waals surface area contributed by atoms with Crippen LogP contribution in [0, 0.1) is 0 Å². The normalized spacial score (nSPS) is 13.4. The van der Waals surface area contributed by atoms with Crippen molar-refractivity contribution in [3.8, 4) is 0 Å². The lowest BCUT2D eigenvalue weighted by Crippen LogP contribution is -2.44. The number of nitrogens with zero attached hydrogens (tertiary/aromatic N) is 1. The van der Waals surface area contributed by atoms with E-state index in [-0.39, 0.29) is 38.6 Å². The van der Waals surface area contributed by atoms with E-state index in [0.717, 1.165) is 96.3 Å². The monoisotopic (exact) mass is 1210 g/mol. The Balaban J connectivity index is 4.11. The Morgan fingerprint density at radius 2 is 0.655 bits per heavy atom. The van der Waals surface area contributed by atoms with Crippen LogP contribution in [0.15, 0.2) is 122 Å². The predicted molar refractivity (Wildman–Crippen MR) is 370 cm³/mol. The second-order valence-corrected chi connectivity index (χ2v) is 24.8. The first-order chi connectivity index (χ1) is 42.6. The van der Waals surface area contributed by atoms with Crippen molar-refractivity contribution >= 4 is 17.9 Å². The topological polar surface area (TPSA) is 111 Å². The molecule has 0 aromatic carbocycles. The lowest BCUT2D eigenvalue weighted by Gasteiger charge is -2.26. The molecule has 0 spiro atoms. The third kappa shape index (κ3) is 69.0. The Hall–Kier alpha value is -4.31. The molecule has 0 aromatic rings. The van der Waals surface area contributed by atoms with Gasteiger partial charge in [-0.05, 0) is 109 Å². The number of hydrogen-bond donors (Lipinski definition) is 0. The second-order valence-electron chi connectivity index (χ2n) is 24.8. The van der Waals surface area contributed by atoms with Crippen molar-refractivity contribution in [2.24, 2.45) is 0 Å². The molecule has 0 aromatic heterocycles. The number of likely N-dealkylation sites (N-methyl/N-ethyl adjacent to an activating group) is 1. The molecule has 0 aliphatic rings. The minimum atomic E-state index is -1.64. The van der Waals surface area contributed by atoms with Gasteiger partial charge in [-0.1, -0.05) is 296 Å². The van der Waals surface area contributed by atoms with Crippen molar-refractivity contribution < 1.29 is 42.9 Å². The summed E-state index contributed by atoms with van der Waals surface area (Å²) in [5, 5.41) is 11.8. The molecule has 0 amide bonds. The fraction of sp³-hybridized carbons (Fsp3) is 0.705. The van der Waals surface area contributed by atoms with Gasteiger partial charge >= 0.3 is 11.9 Å². The molecule has 0 aliphatic carbocycles. The molecule has 2 unspecified atom stereocenters. The van der Waals surface area contributed by atoms with Gasteiger partial charge in [-0.3, -0.25) is 9.59 Å². The number of carbonyl (C=O) groups excluding carboxylic acids is 3. The van der Waals surface area contributed by atoms with Crippen LogP contribution in [0.3, 0.4) is 0 Å². The molecule has 2 atom stereocenters. The molecule has 0 bridgehead atoms. The molecule has 9 nitrogen and oxygen atoms in total. The largest absolute Gasteiger partial charge is 0.545 e. The lowest BCUT2D eigenvalue weighted by atomic mass is 10.0. The highest BCUT2D eigenvalue weighted by atomic mass is 16.7. The number of allylic oxidation sites excluding steroid dienone is 20. The van der Waals surface area contributed by atoms with E-state index in [1.165, 1.54) is 167 Å². The number of aliphatic carboxylic acids is 1. The third-order valence-corrected chi connectivity index (χ3v) is 15.2. The number of carboxylic acids is 1. The number of hydrogen-bond acceptors (Lipinski definition) is 8. The highest BCUT2D eigenvalue weighted by Gasteiger charge is 2.22. The maximum atomic E-state index is 12.9. The summed E-state index contributed by atoms with van der Waals surface area (Å²) in [5.41, 5.74) is 0. The molecular weight excluding hydrogens is 1080 g/mol. The van der Waals surface area contributed by atoms with E-state index in [0.29, 0.717) is 17.4 Å². The van der Waals surface area contributed by atoms with Crippen LogP contribution >= 0.6 is 0 Å². The van der Waals surface area contributed by atoms with Gasteiger partial charge in [0.25, 0.3) is 0 Å². The van der Waals surface area contributed by atoms with Crippen LogP contribution in [0.2, 0.25) is 0 Å². The molecule has 0 saturated heterocycles. The van der Waals surface area contributed by atoms with E-state index in [9.17, 15) is 19.5 Å². The Kier molecular flexibility index (Phi) is 64.3. The van der Waals surface area contributed by atoms with E-state index < -0.39 is 24.3 Å². The molecule has 0 aliphatic heterocycles. The van der Waals surface area contributed by atoms with Gasteiger partial charge in [-0.15, -0.1) is 0 Å². The molecule has 9 heteroatoms. The van der Waals surface area contributed by atoms with Gasteiger partial charge in [0.15, 0.2) is 12.4 Å². The zero-order chi connectivity index (χ0) is 63.3. The average Bonchev–Trinajstić information content (AvgIpc) is 3.59. The number of esters is 2. The number of quaternary nitrogens is 1. The molecule has 0 saturated carbocycles. The van der Waals surface area contributed by atoms with Gasteiger partial charge in [0.1, 0.15) is 13.2 Å². The first kappa shape index (κ1) is 82.7. The molecule has 498 valence electrons. The molecule has 0 radical (unpaired) electrons. The number of ether oxygens (including phenoxy) is 4. The van der Waals surface area contributed by atoms with E-state index in [2.05, 4.69) is 135 Å². The first-order valence-corrected chi connectivity index (χ1v) is 35.7. The highest BCUT2D eigenvalue weighted by Crippen LogP contribution is 2.17. The Morgan fingerprint density at radius 3 is 0.989 bits per heavy atom. The minimum absolute atomic E-state index is 0.136. The van der Waals surface area contributed by atoms with Crippen molar-refractivity contribution in [2.75, 3.05) is 47.5 Å². The number of carbonyl (C=O) groups is 3. The Labute approximate surface area is 536 Å². The molecule has 87 heavy (non-hydrogen) atoms. The standard InChI is InChI=1S/C78H133NO8/c1-6-8-10-12-14-16-18-20-22-24-26-28-30-32-33-34-35-36-37-38-39-40-41-42-43-45-46-48-50-52-54-56-58-60-62-64-66-68-75(80)85-72-74(73-86-78(77(82)83)84-71-70-79(3,4)5)87-76(81)69-67-65-63-61-59-57-55-53-51-49-47-44-31-29-27-25-23-21-19-17-15-13-11-9-7-2/h9,11,15,17-18,20-21,23-24,26-27,29-30,32,44,47,51,53,57,59,74,78H,6-8,10,12-14,16,19,22,25,28,31,33-43,45-46,48-50,52,54-56,58,60-73H2,1-5H3/b11-9-,17-15-,20-18-,23-21-,26-24-,29-27-,32-30-,47-44-,53-51-,59-57-. The van der Waals surface area contributed by atoms with Gasteiger partial charge in [0.2, 0.25) is 0 Å². The van der Waals surface area contributed by atoms with Gasteiger partial charge in [-0.2, -0.15) is 0 Å². The van der Waals surface area contributed by atoms with Gasteiger partial charge in [0.05, 0.1) is 40.3 Å². The fourth-order valence-electron chi connectivity index (χ4n) is 9.76. The predicted octanol–water partition coefficient (Wildman–Crippen LogP) is 21.0. The molecule has 0 rings (SSSR count). The van der Waals surface area contributed by atoms with Crippen molar-refractivity contribution in [3.63, 3.8) is 0 Å². The Bertz CT molecular complexity index is 1840. The van der Waals surface area contributed by atoms with Crippen LogP contribution in [0.4, 0.5) is 0 Å². The summed E-state index contributed by atoms with van der Waals surface area (Å²) in [4.78, 5) is 37.5. The number of carboxylic acid groups (broad SMARTS) is 1. The summed E-state index contributed by atoms with van der Waals surface area (Å²) in [7, 11) is 5.91. The van der Waals surface area contributed by atoms with Crippen LogP contribution in [0.25, 0.3) is 0 Å². The summed E-state index contributed by atoms with van der Waals surface area (Å²) in [6, 6.07) is 0. The van der Waals surface area contributed by atoms with Crippen LogP contribution in [0.1, 0.15) is 296 Å². The summed E-state index contributed by atoms with van der Waals surface area (Å²) >= 11 is 0. The fourth-order valence-corrected chi connectivity index (χ4v) is 9.76. The summed E-state index contributed by atoms with van der Waals surface area (Å²) in [6.07, 6.45) is 92.9. The zero-order valence-electron chi connectivity index (χ0n) is 56.9. The van der Waals surface area contributed by atoms with Crippen LogP contribution in [-0.2, 0) is 33.3 Å². The maximum Gasteiger partial charge on any atom is 0.306 e. The van der Waals surface area contributed by atoms with Crippen molar-refractivity contribution in [1.82, 2.24) is 0 Å². The van der Waals surface area contributed by atoms with Gasteiger partial charge < -0.3 is 33.3 Å². The maximum absolute atomic E-state index is 12.9. The smallest absolute Gasteiger partial charge is 0.306 e. The molecular formula is C78H133NO8. The highest BCUT2D eigenvalue weighted by molar-refractivity contribution is 5.70. The molecule has 0 heterocycles. The summed E-state index contributed by atoms with van der Waals surface area (Å²) in [5.74, 6) is -2.33. The molecule has 0 fully saturated rings. The molecule has 0 N–H and O–H groups in total. The quantitative estimate of drug-likeness (QED) is 0.0195. The van der Waals surface area contributed by atoms with Crippen molar-refractivity contribution in [3.05, 3.63) is 122 Å². The van der Waals surface area contributed by atoms with Crippen LogP contribution < -0.4 is 5.11 Å². The SMILES string of the molecule is CC/C=C\C/C=C\C/C=C\C/C=C\C/C=C\C/C=C\C/C=C\CCCCCC(=O)OC(COC(=O)CCCCCCCCCCCCCCCCCCCCCCCC/C=C\C/C=C\C/C=C\CCCCCCC)COC(OCC[N+](C)(C)C)C(=O)[O-]. The zero-order valence-corrected chi connectivity index (χ0v) is 56.9. The lowest BCUT2D eigenvalue weighted by molar-refractivity contribution is -0.870. The van der Waals surface area contributed by atoms with Crippen LogP contribution in [0.5, 0.6) is 0 Å². The van der Waals surface area contributed by atoms with E-state index in [4.69, 9.17) is 18.9 Å². The number of rotatable bonds is 65. The van der Waals surface area contributed by atoms with E-state index >= 15 is 0 Å². The summed E-state index contributed by atoms with van der Waals surface area (Å²) < 4.78 is 22.7.